The average Bonchev–Trinajstić information content (AvgIpc) is 3.19. The summed E-state index contributed by atoms with van der Waals surface area (Å²) in [4.78, 5) is 8.97. The van der Waals surface area contributed by atoms with Crippen molar-refractivity contribution in [3.63, 3.8) is 0 Å². The summed E-state index contributed by atoms with van der Waals surface area (Å²) in [5.74, 6) is 0.121. The zero-order valence-electron chi connectivity index (χ0n) is 19.4. The number of aromatic hydroxyl groups is 1. The van der Waals surface area contributed by atoms with E-state index in [1.165, 1.54) is 5.56 Å². The fourth-order valence-corrected chi connectivity index (χ4v) is 4.43. The molecule has 2 heterocycles. The lowest BCUT2D eigenvalue weighted by atomic mass is 9.95. The maximum Gasteiger partial charge on any atom is 0.221 e. The van der Waals surface area contributed by atoms with Gasteiger partial charge in [0, 0.05) is 16.5 Å². The number of benzene rings is 3. The number of phenolic OH excluding ortho intramolecular Hbond substituents is 1. The number of hydrogen-bond donors (Lipinski definition) is 1. The molecule has 0 spiro atoms. The summed E-state index contributed by atoms with van der Waals surface area (Å²) in [5.41, 5.74) is 7.73. The van der Waals surface area contributed by atoms with Gasteiger partial charge in [-0.3, -0.25) is 0 Å². The Kier molecular flexibility index (Phi) is 5.35. The van der Waals surface area contributed by atoms with E-state index in [9.17, 15) is 5.11 Å². The standard InChI is InChI=1S/C29H24N4O/c1-5-20-14-16-21(17-15-20)27-28(30-4)26(22-11-7-9-13-24(22)34)25-19(3)32-33(29(25)31-27)23-12-8-6-10-18(23)2/h6-17,34H,5H2,1-3H3. The Hall–Kier alpha value is -4.43. The molecule has 34 heavy (non-hydrogen) atoms. The molecule has 3 aromatic carbocycles. The van der Waals surface area contributed by atoms with Gasteiger partial charge in [0.05, 0.1) is 23.6 Å². The highest BCUT2D eigenvalue weighted by Gasteiger charge is 2.25. The average molecular weight is 445 g/mol. The molecule has 0 aliphatic heterocycles. The van der Waals surface area contributed by atoms with Gasteiger partial charge in [-0.25, -0.2) is 14.5 Å². The van der Waals surface area contributed by atoms with Crippen LogP contribution in [0.5, 0.6) is 5.75 Å². The van der Waals surface area contributed by atoms with Gasteiger partial charge in [-0.1, -0.05) is 67.6 Å². The SMILES string of the molecule is [C-]#[N+]c1c(-c2ccc(CC)cc2)nc2c(c(C)nn2-c2ccccc2C)c1-c1ccccc1O. The predicted octanol–water partition coefficient (Wildman–Crippen LogP) is 7.19. The summed E-state index contributed by atoms with van der Waals surface area (Å²) in [6.07, 6.45) is 0.935. The van der Waals surface area contributed by atoms with Gasteiger partial charge >= 0.3 is 0 Å². The molecule has 0 bridgehead atoms. The minimum absolute atomic E-state index is 0.121. The molecule has 5 heteroatoms. The first-order chi connectivity index (χ1) is 16.5. The summed E-state index contributed by atoms with van der Waals surface area (Å²) in [6, 6.07) is 23.3. The van der Waals surface area contributed by atoms with Crippen LogP contribution in [-0.2, 0) is 6.42 Å². The lowest BCUT2D eigenvalue weighted by Gasteiger charge is -2.14. The van der Waals surface area contributed by atoms with E-state index in [-0.39, 0.29) is 5.75 Å². The maximum atomic E-state index is 10.8. The number of aromatic nitrogens is 3. The van der Waals surface area contributed by atoms with E-state index in [0.717, 1.165) is 34.3 Å². The van der Waals surface area contributed by atoms with E-state index >= 15 is 0 Å². The van der Waals surface area contributed by atoms with Gasteiger partial charge in [0.15, 0.2) is 5.65 Å². The monoisotopic (exact) mass is 444 g/mol. The Bertz CT molecular complexity index is 1570. The molecule has 0 amide bonds. The molecule has 0 aliphatic carbocycles. The molecule has 0 fully saturated rings. The number of nitrogens with zero attached hydrogens (tertiary/aromatic N) is 4. The fourth-order valence-electron chi connectivity index (χ4n) is 4.43. The van der Waals surface area contributed by atoms with Crippen molar-refractivity contribution < 1.29 is 5.11 Å². The van der Waals surface area contributed by atoms with Crippen molar-refractivity contribution in [1.82, 2.24) is 14.8 Å². The molecule has 1 N–H and O–H groups in total. The van der Waals surface area contributed by atoms with Crippen LogP contribution in [0, 0.1) is 20.4 Å². The second kappa shape index (κ2) is 8.49. The largest absolute Gasteiger partial charge is 0.507 e. The second-order valence-corrected chi connectivity index (χ2v) is 8.35. The highest BCUT2D eigenvalue weighted by Crippen LogP contribution is 2.46. The molecule has 0 radical (unpaired) electrons. The van der Waals surface area contributed by atoms with Gasteiger partial charge in [0.1, 0.15) is 5.75 Å². The van der Waals surface area contributed by atoms with Gasteiger partial charge in [-0.15, -0.1) is 0 Å². The van der Waals surface area contributed by atoms with Crippen LogP contribution in [0.25, 0.3) is 44.0 Å². The molecule has 166 valence electrons. The van der Waals surface area contributed by atoms with Crippen molar-refractivity contribution >= 4 is 16.7 Å². The van der Waals surface area contributed by atoms with Crippen LogP contribution < -0.4 is 0 Å². The van der Waals surface area contributed by atoms with Gasteiger partial charge in [0.2, 0.25) is 5.69 Å². The Morgan fingerprint density at radius 1 is 0.941 bits per heavy atom. The Morgan fingerprint density at radius 3 is 2.32 bits per heavy atom. The quantitative estimate of drug-likeness (QED) is 0.298. The molecule has 0 saturated heterocycles. The Labute approximate surface area is 198 Å². The molecular weight excluding hydrogens is 420 g/mol. The van der Waals surface area contributed by atoms with E-state index in [1.54, 1.807) is 12.1 Å². The minimum atomic E-state index is 0.121. The summed E-state index contributed by atoms with van der Waals surface area (Å²) in [6.45, 7) is 14.2. The highest BCUT2D eigenvalue weighted by molar-refractivity contribution is 6.07. The van der Waals surface area contributed by atoms with E-state index in [0.29, 0.717) is 28.2 Å². The van der Waals surface area contributed by atoms with Crippen LogP contribution in [0.1, 0.15) is 23.7 Å². The van der Waals surface area contributed by atoms with Crippen LogP contribution >= 0.6 is 0 Å². The van der Waals surface area contributed by atoms with Gasteiger partial charge < -0.3 is 5.11 Å². The number of pyridine rings is 1. The van der Waals surface area contributed by atoms with Crippen molar-refractivity contribution in [1.29, 1.82) is 0 Å². The molecule has 5 nitrogen and oxygen atoms in total. The van der Waals surface area contributed by atoms with Crippen molar-refractivity contribution in [3.05, 3.63) is 101 Å². The van der Waals surface area contributed by atoms with Crippen LogP contribution in [0.4, 0.5) is 5.69 Å². The first kappa shape index (κ1) is 21.4. The van der Waals surface area contributed by atoms with Crippen LogP contribution in [0.15, 0.2) is 72.8 Å². The second-order valence-electron chi connectivity index (χ2n) is 8.35. The molecular formula is C29H24N4O. The Balaban J connectivity index is 1.94. The van der Waals surface area contributed by atoms with Crippen molar-refractivity contribution in [2.24, 2.45) is 0 Å². The van der Waals surface area contributed by atoms with Crippen LogP contribution in [0.3, 0.4) is 0 Å². The number of para-hydroxylation sites is 2. The smallest absolute Gasteiger partial charge is 0.221 e. The molecule has 0 aliphatic rings. The van der Waals surface area contributed by atoms with Gasteiger partial charge in [0.25, 0.3) is 0 Å². The lowest BCUT2D eigenvalue weighted by molar-refractivity contribution is 0.477. The number of fused-ring (bicyclic) bond motifs is 1. The van der Waals surface area contributed by atoms with Crippen LogP contribution in [-0.4, -0.2) is 19.9 Å². The summed E-state index contributed by atoms with van der Waals surface area (Å²) in [5, 5.41) is 16.4. The summed E-state index contributed by atoms with van der Waals surface area (Å²) < 4.78 is 1.85. The number of hydrogen-bond acceptors (Lipinski definition) is 3. The maximum absolute atomic E-state index is 10.8. The summed E-state index contributed by atoms with van der Waals surface area (Å²) in [7, 11) is 0. The number of rotatable bonds is 4. The molecule has 0 atom stereocenters. The Morgan fingerprint density at radius 2 is 1.65 bits per heavy atom. The summed E-state index contributed by atoms with van der Waals surface area (Å²) >= 11 is 0. The van der Waals surface area contributed by atoms with Crippen molar-refractivity contribution in [2.75, 3.05) is 0 Å². The van der Waals surface area contributed by atoms with Gasteiger partial charge in [-0.2, -0.15) is 5.10 Å². The fraction of sp³-hybridized carbons (Fsp3) is 0.138. The molecule has 5 aromatic rings. The number of phenols is 1. The molecule has 5 rings (SSSR count). The van der Waals surface area contributed by atoms with Crippen molar-refractivity contribution in [2.45, 2.75) is 27.2 Å². The third-order valence-electron chi connectivity index (χ3n) is 6.23. The lowest BCUT2D eigenvalue weighted by Crippen LogP contribution is -2.01. The molecule has 0 saturated carbocycles. The first-order valence-electron chi connectivity index (χ1n) is 11.3. The van der Waals surface area contributed by atoms with E-state index in [4.69, 9.17) is 16.7 Å². The van der Waals surface area contributed by atoms with E-state index in [2.05, 4.69) is 23.9 Å². The van der Waals surface area contributed by atoms with E-state index in [1.807, 2.05) is 67.1 Å². The molecule has 2 aromatic heterocycles. The zero-order valence-corrected chi connectivity index (χ0v) is 19.4. The molecule has 0 unspecified atom stereocenters. The van der Waals surface area contributed by atoms with E-state index < -0.39 is 0 Å². The van der Waals surface area contributed by atoms with Gasteiger partial charge in [-0.05, 0) is 49.1 Å². The topological polar surface area (TPSA) is 55.3 Å². The third kappa shape index (κ3) is 3.41. The zero-order chi connectivity index (χ0) is 23.8. The third-order valence-corrected chi connectivity index (χ3v) is 6.23. The normalized spacial score (nSPS) is 11.0. The highest BCUT2D eigenvalue weighted by atomic mass is 16.3. The predicted molar refractivity (Wildman–Crippen MR) is 137 cm³/mol. The van der Waals surface area contributed by atoms with Crippen molar-refractivity contribution in [3.8, 4) is 33.8 Å². The van der Waals surface area contributed by atoms with Crippen LogP contribution in [0.2, 0.25) is 0 Å². The first-order valence-corrected chi connectivity index (χ1v) is 11.3. The minimum Gasteiger partial charge on any atom is -0.507 e. The number of aryl methyl sites for hydroxylation is 3.